The van der Waals surface area contributed by atoms with E-state index < -0.39 is 17.2 Å². The number of carbonyl (C=O) groups is 1. The van der Waals surface area contributed by atoms with Crippen LogP contribution in [0.3, 0.4) is 0 Å². The zero-order valence-corrected chi connectivity index (χ0v) is 17.9. The summed E-state index contributed by atoms with van der Waals surface area (Å²) in [5.74, 6) is 1.57. The first-order valence-corrected chi connectivity index (χ1v) is 9.31. The predicted molar refractivity (Wildman–Crippen MR) is 107 cm³/mol. The van der Waals surface area contributed by atoms with Gasteiger partial charge in [0.05, 0.1) is 11.2 Å². The highest BCUT2D eigenvalue weighted by atomic mass is 16.6. The lowest BCUT2D eigenvalue weighted by molar-refractivity contribution is 0.0474. The Bertz CT molecular complexity index is 625. The first kappa shape index (κ1) is 22.8. The Hall–Kier alpha value is -2.25. The van der Waals surface area contributed by atoms with Gasteiger partial charge in [0.25, 0.3) is 0 Å². The fourth-order valence-corrected chi connectivity index (χ4v) is 2.48. The van der Waals surface area contributed by atoms with Crippen LogP contribution in [0, 0.1) is 13.8 Å². The van der Waals surface area contributed by atoms with Crippen molar-refractivity contribution in [2.24, 2.45) is 4.99 Å². The van der Waals surface area contributed by atoms with Crippen LogP contribution < -0.4 is 16.0 Å². The number of rotatable bonds is 7. The van der Waals surface area contributed by atoms with Crippen LogP contribution in [-0.2, 0) is 11.2 Å². The summed E-state index contributed by atoms with van der Waals surface area (Å²) in [6, 6.07) is 0. The van der Waals surface area contributed by atoms with E-state index >= 15 is 0 Å². The van der Waals surface area contributed by atoms with Gasteiger partial charge in [-0.25, -0.2) is 4.79 Å². The summed E-state index contributed by atoms with van der Waals surface area (Å²) >= 11 is 0. The van der Waals surface area contributed by atoms with Gasteiger partial charge in [-0.15, -0.1) is 0 Å². The van der Waals surface area contributed by atoms with Crippen LogP contribution in [-0.4, -0.2) is 48.5 Å². The standard InChI is InChI=1S/C19H35N5O3/c1-13-15(14(2)27-24-13)10-9-11-21-16(20-8)22-12-19(6,7)23-17(25)26-18(3,4)5/h9-12H2,1-8H3,(H,23,25)(H2,20,21,22). The number of aliphatic imine (C=N–C) groups is 1. The fourth-order valence-electron chi connectivity index (χ4n) is 2.48. The van der Waals surface area contributed by atoms with Gasteiger partial charge in [-0.05, 0) is 61.3 Å². The molecule has 0 fully saturated rings. The van der Waals surface area contributed by atoms with Crippen LogP contribution in [0.15, 0.2) is 9.52 Å². The van der Waals surface area contributed by atoms with Gasteiger partial charge in [0.15, 0.2) is 5.96 Å². The molecule has 0 aliphatic heterocycles. The van der Waals surface area contributed by atoms with Gasteiger partial charge in [0.2, 0.25) is 0 Å². The van der Waals surface area contributed by atoms with Crippen molar-refractivity contribution >= 4 is 12.1 Å². The molecule has 1 amide bonds. The van der Waals surface area contributed by atoms with Crippen molar-refractivity contribution in [2.45, 2.75) is 72.4 Å². The number of ether oxygens (including phenoxy) is 1. The van der Waals surface area contributed by atoms with E-state index in [0.717, 1.165) is 30.8 Å². The van der Waals surface area contributed by atoms with Crippen LogP contribution in [0.5, 0.6) is 0 Å². The second-order valence-electron chi connectivity index (χ2n) is 8.27. The summed E-state index contributed by atoms with van der Waals surface area (Å²) in [5.41, 5.74) is 1.11. The molecule has 0 saturated heterocycles. The fraction of sp³-hybridized carbons (Fsp3) is 0.737. The molecular weight excluding hydrogens is 346 g/mol. The lowest BCUT2D eigenvalue weighted by atomic mass is 10.1. The molecule has 154 valence electrons. The van der Waals surface area contributed by atoms with Gasteiger partial charge in [-0.1, -0.05) is 5.16 Å². The summed E-state index contributed by atoms with van der Waals surface area (Å²) in [5, 5.41) is 13.3. The van der Waals surface area contributed by atoms with Crippen molar-refractivity contribution in [1.82, 2.24) is 21.1 Å². The maximum Gasteiger partial charge on any atom is 0.408 e. The molecule has 0 saturated carbocycles. The highest BCUT2D eigenvalue weighted by molar-refractivity contribution is 5.79. The molecule has 3 N–H and O–H groups in total. The second kappa shape index (κ2) is 9.62. The van der Waals surface area contributed by atoms with E-state index in [1.54, 1.807) is 7.05 Å². The van der Waals surface area contributed by atoms with Crippen molar-refractivity contribution in [1.29, 1.82) is 0 Å². The molecule has 0 spiro atoms. The molecule has 8 heteroatoms. The molecule has 8 nitrogen and oxygen atoms in total. The van der Waals surface area contributed by atoms with Gasteiger partial charge >= 0.3 is 6.09 Å². The summed E-state index contributed by atoms with van der Waals surface area (Å²) in [6.45, 7) is 14.5. The second-order valence-corrected chi connectivity index (χ2v) is 8.27. The number of guanidine groups is 1. The first-order chi connectivity index (χ1) is 12.4. The van der Waals surface area contributed by atoms with Crippen molar-refractivity contribution in [2.75, 3.05) is 20.1 Å². The van der Waals surface area contributed by atoms with E-state index in [1.807, 2.05) is 48.5 Å². The van der Waals surface area contributed by atoms with Gasteiger partial charge in [0.1, 0.15) is 11.4 Å². The predicted octanol–water partition coefficient (Wildman–Crippen LogP) is 2.69. The molecule has 0 unspecified atom stereocenters. The third-order valence-electron chi connectivity index (χ3n) is 3.84. The molecule has 0 bridgehead atoms. The Kier molecular flexibility index (Phi) is 8.12. The normalized spacial score (nSPS) is 12.7. The molecule has 0 atom stereocenters. The molecule has 0 aromatic carbocycles. The summed E-state index contributed by atoms with van der Waals surface area (Å²) < 4.78 is 10.5. The SMILES string of the molecule is CN=C(NCCCc1c(C)noc1C)NCC(C)(C)NC(=O)OC(C)(C)C. The van der Waals surface area contributed by atoms with Crippen LogP contribution in [0.4, 0.5) is 4.79 Å². The smallest absolute Gasteiger partial charge is 0.408 e. The van der Waals surface area contributed by atoms with E-state index in [-0.39, 0.29) is 0 Å². The van der Waals surface area contributed by atoms with Crippen molar-refractivity contribution in [3.63, 3.8) is 0 Å². The molecule has 0 radical (unpaired) electrons. The van der Waals surface area contributed by atoms with Crippen LogP contribution in [0.1, 0.15) is 58.1 Å². The number of nitrogens with one attached hydrogen (secondary N) is 3. The highest BCUT2D eigenvalue weighted by Gasteiger charge is 2.24. The van der Waals surface area contributed by atoms with Crippen LogP contribution >= 0.6 is 0 Å². The molecule has 0 aliphatic carbocycles. The minimum Gasteiger partial charge on any atom is -0.444 e. The number of aromatic nitrogens is 1. The van der Waals surface area contributed by atoms with Gasteiger partial charge < -0.3 is 25.2 Å². The Labute approximate surface area is 162 Å². The summed E-state index contributed by atoms with van der Waals surface area (Å²) in [4.78, 5) is 16.2. The third kappa shape index (κ3) is 8.79. The quantitative estimate of drug-likeness (QED) is 0.381. The first-order valence-electron chi connectivity index (χ1n) is 9.31. The number of amides is 1. The number of carbonyl (C=O) groups excluding carboxylic acids is 1. The zero-order chi connectivity index (χ0) is 20.7. The van der Waals surface area contributed by atoms with E-state index in [1.165, 1.54) is 5.56 Å². The lowest BCUT2D eigenvalue weighted by Gasteiger charge is -2.29. The molecule has 27 heavy (non-hydrogen) atoms. The maximum atomic E-state index is 11.9. The van der Waals surface area contributed by atoms with E-state index in [0.29, 0.717) is 12.5 Å². The Balaban J connectivity index is 2.37. The van der Waals surface area contributed by atoms with Crippen molar-refractivity contribution < 1.29 is 14.1 Å². The minimum absolute atomic E-state index is 0.434. The number of nitrogens with zero attached hydrogens (tertiary/aromatic N) is 2. The van der Waals surface area contributed by atoms with E-state index in [4.69, 9.17) is 9.26 Å². The number of alkyl carbamates (subject to hydrolysis) is 1. The van der Waals surface area contributed by atoms with Crippen LogP contribution in [0.2, 0.25) is 0 Å². The van der Waals surface area contributed by atoms with Crippen molar-refractivity contribution in [3.8, 4) is 0 Å². The van der Waals surface area contributed by atoms with Crippen molar-refractivity contribution in [3.05, 3.63) is 17.0 Å². The lowest BCUT2D eigenvalue weighted by Crippen LogP contribution is -2.54. The molecule has 1 aromatic heterocycles. The van der Waals surface area contributed by atoms with Gasteiger partial charge in [-0.2, -0.15) is 0 Å². The Morgan fingerprint density at radius 2 is 1.85 bits per heavy atom. The molecular formula is C19H35N5O3. The third-order valence-corrected chi connectivity index (χ3v) is 3.84. The Morgan fingerprint density at radius 3 is 2.37 bits per heavy atom. The zero-order valence-electron chi connectivity index (χ0n) is 17.9. The van der Waals surface area contributed by atoms with Gasteiger partial charge in [0, 0.05) is 25.7 Å². The summed E-state index contributed by atoms with van der Waals surface area (Å²) in [7, 11) is 1.72. The largest absolute Gasteiger partial charge is 0.444 e. The summed E-state index contributed by atoms with van der Waals surface area (Å²) in [6.07, 6.45) is 1.40. The molecule has 1 aromatic rings. The molecule has 1 heterocycles. The average molecular weight is 382 g/mol. The topological polar surface area (TPSA) is 101 Å². The molecule has 1 rings (SSSR count). The monoisotopic (exact) mass is 381 g/mol. The highest BCUT2D eigenvalue weighted by Crippen LogP contribution is 2.13. The number of hydrogen-bond acceptors (Lipinski definition) is 5. The Morgan fingerprint density at radius 1 is 1.19 bits per heavy atom. The van der Waals surface area contributed by atoms with E-state index in [9.17, 15) is 4.79 Å². The van der Waals surface area contributed by atoms with Crippen LogP contribution in [0.25, 0.3) is 0 Å². The maximum absolute atomic E-state index is 11.9. The molecule has 0 aliphatic rings. The number of aryl methyl sites for hydroxylation is 2. The van der Waals surface area contributed by atoms with E-state index in [2.05, 4.69) is 26.1 Å². The van der Waals surface area contributed by atoms with Gasteiger partial charge in [-0.3, -0.25) is 4.99 Å². The average Bonchev–Trinajstić information content (AvgIpc) is 2.83. The number of hydrogen-bond donors (Lipinski definition) is 3. The minimum atomic E-state index is -0.521.